The van der Waals surface area contributed by atoms with E-state index in [-0.39, 0.29) is 40.6 Å². The zero-order valence-electron chi connectivity index (χ0n) is 9.59. The molecule has 0 radical (unpaired) electrons. The van der Waals surface area contributed by atoms with Crippen LogP contribution in [0.5, 0.6) is 0 Å². The van der Waals surface area contributed by atoms with E-state index < -0.39 is 0 Å². The first-order chi connectivity index (χ1) is 4.61. The van der Waals surface area contributed by atoms with Gasteiger partial charge in [0.15, 0.2) is 0 Å². The third kappa shape index (κ3) is 3.59. The summed E-state index contributed by atoms with van der Waals surface area (Å²) in [4.78, 5) is 0. The van der Waals surface area contributed by atoms with Crippen LogP contribution in [0.2, 0.25) is 0 Å². The molecule has 0 heterocycles. The van der Waals surface area contributed by atoms with Crippen molar-refractivity contribution >= 4 is 37.7 Å². The predicted octanol–water partition coefficient (Wildman–Crippen LogP) is 2.83. The molecule has 0 nitrogen and oxygen atoms in total. The van der Waals surface area contributed by atoms with Crippen LogP contribution in [0.3, 0.4) is 0 Å². The second-order valence-electron chi connectivity index (χ2n) is 3.62. The van der Waals surface area contributed by atoms with Gasteiger partial charge < -0.3 is 2.85 Å². The maximum Gasteiger partial charge on any atom is 2.00 e. The molecule has 0 aliphatic carbocycles. The Morgan fingerprint density at radius 3 is 1.73 bits per heavy atom. The Balaban J connectivity index is -0.000000333. The topological polar surface area (TPSA) is 0 Å². The van der Waals surface area contributed by atoms with Gasteiger partial charge in [-0.3, -0.25) is 0 Å². The molecule has 0 spiro atoms. The van der Waals surface area contributed by atoms with Crippen LogP contribution >= 0.6 is 0 Å². The SMILES string of the molecule is CC(C)(C)c1ccccc1.[Ca+2].[H-].[H-]. The molecule has 0 N–H and O–H groups in total. The van der Waals surface area contributed by atoms with Crippen molar-refractivity contribution in [2.75, 3.05) is 0 Å². The molecule has 1 rings (SSSR count). The van der Waals surface area contributed by atoms with Crippen LogP contribution in [0.4, 0.5) is 0 Å². The summed E-state index contributed by atoms with van der Waals surface area (Å²) in [5.74, 6) is 0. The minimum absolute atomic E-state index is 0. The van der Waals surface area contributed by atoms with E-state index in [0.717, 1.165) is 0 Å². The number of benzene rings is 1. The third-order valence-corrected chi connectivity index (χ3v) is 1.64. The van der Waals surface area contributed by atoms with Gasteiger partial charge in [-0.2, -0.15) is 0 Å². The van der Waals surface area contributed by atoms with Gasteiger partial charge in [0.05, 0.1) is 0 Å². The molecule has 0 fully saturated rings. The van der Waals surface area contributed by atoms with Crippen LogP contribution in [0.25, 0.3) is 0 Å². The van der Waals surface area contributed by atoms with Gasteiger partial charge in [-0.05, 0) is 11.0 Å². The average molecular weight is 176 g/mol. The van der Waals surface area contributed by atoms with Crippen LogP contribution in [0.15, 0.2) is 30.3 Å². The number of hydrogen-bond donors (Lipinski definition) is 0. The van der Waals surface area contributed by atoms with Gasteiger partial charge in [-0.15, -0.1) is 0 Å². The van der Waals surface area contributed by atoms with Gasteiger partial charge in [0.1, 0.15) is 0 Å². The maximum absolute atomic E-state index is 2.22. The monoisotopic (exact) mass is 176 g/mol. The molecule has 0 bridgehead atoms. The molecule has 58 valence electrons. The molecule has 0 unspecified atom stereocenters. The van der Waals surface area contributed by atoms with Crippen molar-refractivity contribution in [3.05, 3.63) is 35.9 Å². The minimum Gasteiger partial charge on any atom is -1.00 e. The van der Waals surface area contributed by atoms with Crippen molar-refractivity contribution in [2.24, 2.45) is 0 Å². The first-order valence-corrected chi connectivity index (χ1v) is 3.66. The van der Waals surface area contributed by atoms with Crippen LogP contribution in [-0.2, 0) is 5.41 Å². The second-order valence-corrected chi connectivity index (χ2v) is 3.62. The Hall–Kier alpha value is 0.480. The minimum atomic E-state index is 0. The molecule has 0 aliphatic heterocycles. The molecule has 0 saturated carbocycles. The molecule has 0 aliphatic rings. The number of rotatable bonds is 0. The third-order valence-electron chi connectivity index (χ3n) is 1.64. The van der Waals surface area contributed by atoms with E-state index in [0.29, 0.717) is 5.41 Å². The molecular weight excluding hydrogens is 160 g/mol. The molecule has 0 amide bonds. The Bertz CT molecular complexity index is 204. The fourth-order valence-corrected chi connectivity index (χ4v) is 0.938. The maximum atomic E-state index is 2.22. The van der Waals surface area contributed by atoms with Crippen molar-refractivity contribution in [2.45, 2.75) is 26.2 Å². The zero-order chi connectivity index (χ0) is 7.61. The Morgan fingerprint density at radius 2 is 1.45 bits per heavy atom. The van der Waals surface area contributed by atoms with Crippen LogP contribution in [-0.4, -0.2) is 37.7 Å². The van der Waals surface area contributed by atoms with E-state index in [1.54, 1.807) is 0 Å². The summed E-state index contributed by atoms with van der Waals surface area (Å²) in [5, 5.41) is 0. The van der Waals surface area contributed by atoms with Gasteiger partial charge in [-0.1, -0.05) is 51.1 Å². The molecule has 11 heavy (non-hydrogen) atoms. The summed E-state index contributed by atoms with van der Waals surface area (Å²) in [6.45, 7) is 6.67. The fraction of sp³-hybridized carbons (Fsp3) is 0.400. The molecule has 0 atom stereocenters. The van der Waals surface area contributed by atoms with Crippen molar-refractivity contribution in [3.63, 3.8) is 0 Å². The van der Waals surface area contributed by atoms with Gasteiger partial charge in [0.25, 0.3) is 0 Å². The summed E-state index contributed by atoms with van der Waals surface area (Å²) in [7, 11) is 0. The van der Waals surface area contributed by atoms with Crippen LogP contribution in [0, 0.1) is 0 Å². The Kier molecular flexibility index (Phi) is 4.69. The summed E-state index contributed by atoms with van der Waals surface area (Å²) < 4.78 is 0. The molecule has 0 aromatic heterocycles. The van der Waals surface area contributed by atoms with E-state index in [1.165, 1.54) is 5.56 Å². The van der Waals surface area contributed by atoms with Crippen LogP contribution < -0.4 is 0 Å². The fourth-order valence-electron chi connectivity index (χ4n) is 0.938. The largest absolute Gasteiger partial charge is 2.00 e. The van der Waals surface area contributed by atoms with Gasteiger partial charge >= 0.3 is 37.7 Å². The normalized spacial score (nSPS) is 10.5. The first kappa shape index (κ1) is 11.5. The van der Waals surface area contributed by atoms with E-state index in [1.807, 2.05) is 0 Å². The standard InChI is InChI=1S/C10H14.Ca.2H/c1-10(2,3)9-7-5-4-6-8-9;;;/h4-8H,1-3H3;;;/q;+2;2*-1. The quantitative estimate of drug-likeness (QED) is 0.533. The molecular formula is C10H16Ca. The van der Waals surface area contributed by atoms with Gasteiger partial charge in [0, 0.05) is 0 Å². The van der Waals surface area contributed by atoms with Crippen molar-refractivity contribution in [1.29, 1.82) is 0 Å². The molecule has 0 saturated heterocycles. The Labute approximate surface area is 102 Å². The number of hydrogen-bond acceptors (Lipinski definition) is 0. The summed E-state index contributed by atoms with van der Waals surface area (Å²) in [6, 6.07) is 10.6. The van der Waals surface area contributed by atoms with E-state index >= 15 is 0 Å². The van der Waals surface area contributed by atoms with Gasteiger partial charge in [-0.25, -0.2) is 0 Å². The van der Waals surface area contributed by atoms with E-state index in [9.17, 15) is 0 Å². The summed E-state index contributed by atoms with van der Waals surface area (Å²) in [6.07, 6.45) is 0. The second kappa shape index (κ2) is 4.49. The van der Waals surface area contributed by atoms with Crippen molar-refractivity contribution in [1.82, 2.24) is 0 Å². The van der Waals surface area contributed by atoms with Crippen LogP contribution in [0.1, 0.15) is 29.2 Å². The molecule has 1 aromatic carbocycles. The van der Waals surface area contributed by atoms with Crippen molar-refractivity contribution in [3.8, 4) is 0 Å². The van der Waals surface area contributed by atoms with E-state index in [2.05, 4.69) is 51.1 Å². The molecule has 1 heteroatoms. The first-order valence-electron chi connectivity index (χ1n) is 3.66. The average Bonchev–Trinajstić information content (AvgIpc) is 1.88. The predicted molar refractivity (Wildman–Crippen MR) is 53.1 cm³/mol. The van der Waals surface area contributed by atoms with Crippen molar-refractivity contribution < 1.29 is 2.85 Å². The smallest absolute Gasteiger partial charge is 1.00 e. The summed E-state index contributed by atoms with van der Waals surface area (Å²) >= 11 is 0. The zero-order valence-corrected chi connectivity index (χ0v) is 9.80. The van der Waals surface area contributed by atoms with Gasteiger partial charge in [0.2, 0.25) is 0 Å². The van der Waals surface area contributed by atoms with E-state index in [4.69, 9.17) is 0 Å². The molecule has 1 aromatic rings. The summed E-state index contributed by atoms with van der Waals surface area (Å²) in [5.41, 5.74) is 1.69. The Morgan fingerprint density at radius 1 is 1.00 bits per heavy atom.